The number of nitrogens with zero attached hydrogens (tertiary/aromatic N) is 3. The van der Waals surface area contributed by atoms with E-state index < -0.39 is 0 Å². The van der Waals surface area contributed by atoms with Crippen LogP contribution in [0, 0.1) is 6.92 Å². The maximum Gasteiger partial charge on any atom is 0.137 e. The van der Waals surface area contributed by atoms with Gasteiger partial charge in [-0.25, -0.2) is 9.97 Å². The summed E-state index contributed by atoms with van der Waals surface area (Å²) in [5.41, 5.74) is 0.969. The van der Waals surface area contributed by atoms with Gasteiger partial charge in [-0.1, -0.05) is 18.5 Å². The monoisotopic (exact) mass is 294 g/mol. The summed E-state index contributed by atoms with van der Waals surface area (Å²) in [6, 6.07) is 1.35. The van der Waals surface area contributed by atoms with Crippen molar-refractivity contribution in [2.75, 3.05) is 18.4 Å². The van der Waals surface area contributed by atoms with Crippen molar-refractivity contribution in [3.63, 3.8) is 0 Å². The van der Waals surface area contributed by atoms with Crippen molar-refractivity contribution in [3.8, 4) is 0 Å². The third-order valence-electron chi connectivity index (χ3n) is 4.23. The highest BCUT2D eigenvalue weighted by molar-refractivity contribution is 6.30. The second-order valence-corrected chi connectivity index (χ2v) is 6.37. The number of nitrogens with one attached hydrogen (secondary N) is 1. The fraction of sp³-hybridized carbons (Fsp3) is 0.733. The van der Waals surface area contributed by atoms with Gasteiger partial charge in [0.25, 0.3) is 0 Å². The second kappa shape index (κ2) is 5.86. The molecule has 1 unspecified atom stereocenters. The van der Waals surface area contributed by atoms with Crippen molar-refractivity contribution in [1.82, 2.24) is 14.9 Å². The topological polar surface area (TPSA) is 41.1 Å². The van der Waals surface area contributed by atoms with Crippen molar-refractivity contribution >= 4 is 17.4 Å². The predicted molar refractivity (Wildman–Crippen MR) is 82.4 cm³/mol. The Labute approximate surface area is 125 Å². The molecule has 1 N–H and O–H groups in total. The molecule has 0 amide bonds. The summed E-state index contributed by atoms with van der Waals surface area (Å²) in [4.78, 5) is 11.6. The Morgan fingerprint density at radius 2 is 2.10 bits per heavy atom. The van der Waals surface area contributed by atoms with Gasteiger partial charge in [0.05, 0.1) is 0 Å². The minimum Gasteiger partial charge on any atom is -0.366 e. The van der Waals surface area contributed by atoms with Crippen molar-refractivity contribution in [2.45, 2.75) is 58.0 Å². The van der Waals surface area contributed by atoms with Crippen molar-refractivity contribution in [1.29, 1.82) is 0 Å². The molecule has 110 valence electrons. The summed E-state index contributed by atoms with van der Waals surface area (Å²) in [6.07, 6.45) is 5.88. The first-order valence-corrected chi connectivity index (χ1v) is 8.08. The number of halogens is 1. The van der Waals surface area contributed by atoms with Gasteiger partial charge in [-0.2, -0.15) is 0 Å². The van der Waals surface area contributed by atoms with E-state index in [1.54, 1.807) is 0 Å². The minimum atomic E-state index is 0.495. The lowest BCUT2D eigenvalue weighted by Gasteiger charge is -2.18. The van der Waals surface area contributed by atoms with Crippen LogP contribution in [0.25, 0.3) is 0 Å². The van der Waals surface area contributed by atoms with Crippen LogP contribution in [0.4, 0.5) is 5.82 Å². The molecule has 0 radical (unpaired) electrons. The van der Waals surface area contributed by atoms with Gasteiger partial charge in [-0.15, -0.1) is 0 Å². The quantitative estimate of drug-likeness (QED) is 0.848. The number of aromatic nitrogens is 2. The number of aryl methyl sites for hydroxylation is 1. The highest BCUT2D eigenvalue weighted by Gasteiger charge is 2.34. The Balaban J connectivity index is 1.69. The first-order chi connectivity index (χ1) is 9.67. The molecule has 1 aromatic heterocycles. The molecule has 0 spiro atoms. The first-order valence-electron chi connectivity index (χ1n) is 7.71. The fourth-order valence-corrected chi connectivity index (χ4v) is 3.07. The molecule has 1 atom stereocenters. The van der Waals surface area contributed by atoms with Gasteiger partial charge in [0.2, 0.25) is 0 Å². The van der Waals surface area contributed by atoms with E-state index in [1.807, 2.05) is 6.92 Å². The van der Waals surface area contributed by atoms with E-state index in [0.717, 1.165) is 42.6 Å². The minimum absolute atomic E-state index is 0.495. The maximum atomic E-state index is 6.23. The summed E-state index contributed by atoms with van der Waals surface area (Å²) >= 11 is 6.23. The van der Waals surface area contributed by atoms with E-state index in [4.69, 9.17) is 11.6 Å². The van der Waals surface area contributed by atoms with Crippen LogP contribution in [0.2, 0.25) is 5.15 Å². The van der Waals surface area contributed by atoms with E-state index in [9.17, 15) is 0 Å². The smallest absolute Gasteiger partial charge is 0.137 e. The van der Waals surface area contributed by atoms with E-state index in [2.05, 4.69) is 27.1 Å². The van der Waals surface area contributed by atoms with Gasteiger partial charge in [0.15, 0.2) is 0 Å². The van der Waals surface area contributed by atoms with Crippen molar-refractivity contribution in [2.24, 2.45) is 0 Å². The molecule has 4 nitrogen and oxygen atoms in total. The Bertz CT molecular complexity index is 487. The van der Waals surface area contributed by atoms with E-state index in [0.29, 0.717) is 11.2 Å². The van der Waals surface area contributed by atoms with Crippen LogP contribution in [0.1, 0.15) is 44.0 Å². The summed E-state index contributed by atoms with van der Waals surface area (Å²) in [6.45, 7) is 6.47. The first kappa shape index (κ1) is 14.1. The Kier molecular flexibility index (Phi) is 4.13. The largest absolute Gasteiger partial charge is 0.366 e. The Morgan fingerprint density at radius 3 is 2.80 bits per heavy atom. The van der Waals surface area contributed by atoms with E-state index in [1.165, 1.54) is 25.8 Å². The standard InChI is InChI=1S/C15H23ClN4/c1-3-4-13-18-14(16)10(2)15(19-13)17-11-7-8-20(9-11)12-5-6-12/h11-12H,3-9H2,1-2H3,(H,17,18,19). The van der Waals surface area contributed by atoms with Gasteiger partial charge in [-0.3, -0.25) is 4.90 Å². The Hall–Kier alpha value is -0.870. The van der Waals surface area contributed by atoms with Crippen LogP contribution in [-0.2, 0) is 6.42 Å². The van der Waals surface area contributed by atoms with Gasteiger partial charge < -0.3 is 5.32 Å². The molecule has 0 aromatic carbocycles. The summed E-state index contributed by atoms with van der Waals surface area (Å²) in [7, 11) is 0. The molecular formula is C15H23ClN4. The van der Waals surface area contributed by atoms with Gasteiger partial charge in [-0.05, 0) is 32.6 Å². The average Bonchev–Trinajstić information content (AvgIpc) is 3.17. The number of hydrogen-bond donors (Lipinski definition) is 1. The molecule has 1 aromatic rings. The molecule has 1 aliphatic heterocycles. The maximum absolute atomic E-state index is 6.23. The normalized spacial score (nSPS) is 23.2. The van der Waals surface area contributed by atoms with Crippen LogP contribution >= 0.6 is 11.6 Å². The Morgan fingerprint density at radius 1 is 1.30 bits per heavy atom. The van der Waals surface area contributed by atoms with E-state index in [-0.39, 0.29) is 0 Å². The fourth-order valence-electron chi connectivity index (χ4n) is 2.88. The molecular weight excluding hydrogens is 272 g/mol. The molecule has 3 rings (SSSR count). The van der Waals surface area contributed by atoms with Crippen LogP contribution in [-0.4, -0.2) is 40.0 Å². The molecule has 1 saturated heterocycles. The molecule has 1 saturated carbocycles. The molecule has 20 heavy (non-hydrogen) atoms. The van der Waals surface area contributed by atoms with Crippen molar-refractivity contribution in [3.05, 3.63) is 16.5 Å². The van der Waals surface area contributed by atoms with Crippen LogP contribution in [0.15, 0.2) is 0 Å². The van der Waals surface area contributed by atoms with E-state index >= 15 is 0 Å². The van der Waals surface area contributed by atoms with Crippen LogP contribution in [0.5, 0.6) is 0 Å². The van der Waals surface area contributed by atoms with Crippen LogP contribution < -0.4 is 5.32 Å². The van der Waals surface area contributed by atoms with Gasteiger partial charge >= 0.3 is 0 Å². The zero-order valence-corrected chi connectivity index (χ0v) is 13.1. The number of rotatable bonds is 5. The average molecular weight is 295 g/mol. The molecule has 2 aliphatic rings. The third kappa shape index (κ3) is 3.07. The van der Waals surface area contributed by atoms with Crippen molar-refractivity contribution < 1.29 is 0 Å². The SMILES string of the molecule is CCCc1nc(Cl)c(C)c(NC2CCN(C3CC3)C2)n1. The summed E-state index contributed by atoms with van der Waals surface area (Å²) in [5.74, 6) is 1.78. The number of likely N-dealkylation sites (tertiary alicyclic amines) is 1. The summed E-state index contributed by atoms with van der Waals surface area (Å²) in [5, 5.41) is 4.17. The number of hydrogen-bond acceptors (Lipinski definition) is 4. The lowest BCUT2D eigenvalue weighted by Crippen LogP contribution is -2.28. The predicted octanol–water partition coefficient (Wildman–Crippen LogP) is 3.04. The highest BCUT2D eigenvalue weighted by Crippen LogP contribution is 2.31. The highest BCUT2D eigenvalue weighted by atomic mass is 35.5. The molecule has 2 heterocycles. The molecule has 2 fully saturated rings. The second-order valence-electron chi connectivity index (χ2n) is 6.01. The third-order valence-corrected chi connectivity index (χ3v) is 4.60. The number of anilines is 1. The van der Waals surface area contributed by atoms with Gasteiger partial charge in [0.1, 0.15) is 16.8 Å². The molecule has 0 bridgehead atoms. The lowest BCUT2D eigenvalue weighted by molar-refractivity contribution is 0.326. The van der Waals surface area contributed by atoms with Crippen LogP contribution in [0.3, 0.4) is 0 Å². The molecule has 5 heteroatoms. The van der Waals surface area contributed by atoms with Gasteiger partial charge in [0, 0.05) is 37.2 Å². The zero-order chi connectivity index (χ0) is 14.1. The molecule has 1 aliphatic carbocycles. The summed E-state index contributed by atoms with van der Waals surface area (Å²) < 4.78 is 0. The zero-order valence-electron chi connectivity index (χ0n) is 12.3. The lowest BCUT2D eigenvalue weighted by atomic mass is 10.2.